The van der Waals surface area contributed by atoms with Crippen molar-refractivity contribution in [1.82, 2.24) is 19.2 Å². The van der Waals surface area contributed by atoms with Crippen molar-refractivity contribution < 1.29 is 27.1 Å². The van der Waals surface area contributed by atoms with Gasteiger partial charge in [0.2, 0.25) is 10.0 Å². The molecule has 1 aliphatic rings. The number of benzene rings is 2. The van der Waals surface area contributed by atoms with Gasteiger partial charge < -0.3 is 19.4 Å². The number of carbonyl (C=O) groups is 1. The predicted octanol–water partition coefficient (Wildman–Crippen LogP) is 2.11. The molecule has 180 valence electrons. The van der Waals surface area contributed by atoms with E-state index in [9.17, 15) is 17.6 Å². The summed E-state index contributed by atoms with van der Waals surface area (Å²) >= 11 is 0. The highest BCUT2D eigenvalue weighted by atomic mass is 32.2. The first kappa shape index (κ1) is 23.9. The van der Waals surface area contributed by atoms with E-state index in [2.05, 4.69) is 10.3 Å². The summed E-state index contributed by atoms with van der Waals surface area (Å²) in [4.78, 5) is 17.4. The zero-order valence-corrected chi connectivity index (χ0v) is 19.6. The van der Waals surface area contributed by atoms with E-state index in [1.807, 2.05) is 0 Å². The lowest BCUT2D eigenvalue weighted by molar-refractivity contribution is 0.0730. The van der Waals surface area contributed by atoms with Crippen molar-refractivity contribution in [2.24, 2.45) is 7.05 Å². The number of imidazole rings is 1. The van der Waals surface area contributed by atoms with E-state index in [0.717, 1.165) is 18.2 Å². The molecule has 1 N–H and O–H groups in total. The van der Waals surface area contributed by atoms with E-state index < -0.39 is 27.8 Å². The molecule has 0 bridgehead atoms. The van der Waals surface area contributed by atoms with E-state index >= 15 is 0 Å². The molecule has 1 fully saturated rings. The Labute approximate surface area is 197 Å². The number of hydrogen-bond acceptors (Lipinski definition) is 6. The maximum atomic E-state index is 14.7. The number of carbonyl (C=O) groups excluding carboxylic acids is 1. The summed E-state index contributed by atoms with van der Waals surface area (Å²) in [7, 11) is -0.625. The van der Waals surface area contributed by atoms with Crippen LogP contribution in [0, 0.1) is 5.82 Å². The molecule has 1 atom stereocenters. The number of hydrogen-bond donors (Lipinski definition) is 1. The number of nitrogens with one attached hydrogen (secondary N) is 1. The van der Waals surface area contributed by atoms with Crippen LogP contribution in [0.5, 0.6) is 5.75 Å². The van der Waals surface area contributed by atoms with Crippen LogP contribution in [0.3, 0.4) is 0 Å². The first-order chi connectivity index (χ1) is 16.3. The second kappa shape index (κ2) is 9.92. The minimum atomic E-state index is -3.91. The van der Waals surface area contributed by atoms with Crippen LogP contribution >= 0.6 is 0 Å². The number of methoxy groups -OCH3 is 1. The predicted molar refractivity (Wildman–Crippen MR) is 121 cm³/mol. The van der Waals surface area contributed by atoms with Gasteiger partial charge in [0.15, 0.2) is 0 Å². The summed E-state index contributed by atoms with van der Waals surface area (Å²) < 4.78 is 54.4. The topological polar surface area (TPSA) is 103 Å². The van der Waals surface area contributed by atoms with Crippen molar-refractivity contribution in [3.05, 3.63) is 77.6 Å². The maximum Gasteiger partial charge on any atom is 0.255 e. The lowest BCUT2D eigenvalue weighted by Crippen LogP contribution is -2.40. The molecule has 2 heterocycles. The Bertz CT molecular complexity index is 1290. The fourth-order valence-electron chi connectivity index (χ4n) is 3.83. The van der Waals surface area contributed by atoms with E-state index in [4.69, 9.17) is 9.47 Å². The maximum absolute atomic E-state index is 14.7. The molecule has 1 saturated heterocycles. The Morgan fingerprint density at radius 3 is 2.62 bits per heavy atom. The van der Waals surface area contributed by atoms with Crippen molar-refractivity contribution in [1.29, 1.82) is 0 Å². The highest BCUT2D eigenvalue weighted by Gasteiger charge is 2.29. The van der Waals surface area contributed by atoms with Crippen molar-refractivity contribution in [2.45, 2.75) is 10.9 Å². The third-order valence-corrected chi connectivity index (χ3v) is 7.53. The van der Waals surface area contributed by atoms with Gasteiger partial charge in [0.1, 0.15) is 23.4 Å². The van der Waals surface area contributed by atoms with Crippen LogP contribution in [-0.2, 0) is 21.8 Å². The van der Waals surface area contributed by atoms with Gasteiger partial charge in [-0.15, -0.1) is 0 Å². The van der Waals surface area contributed by atoms with Gasteiger partial charge in [0.05, 0.1) is 30.8 Å². The Kier molecular flexibility index (Phi) is 6.96. The van der Waals surface area contributed by atoms with Crippen molar-refractivity contribution in [2.75, 3.05) is 33.4 Å². The molecule has 0 saturated carbocycles. The molecule has 1 aromatic heterocycles. The van der Waals surface area contributed by atoms with Crippen LogP contribution in [0.25, 0.3) is 0 Å². The smallest absolute Gasteiger partial charge is 0.255 e. The van der Waals surface area contributed by atoms with E-state index in [0.29, 0.717) is 17.1 Å². The Morgan fingerprint density at radius 1 is 1.21 bits per heavy atom. The van der Waals surface area contributed by atoms with Gasteiger partial charge in [-0.25, -0.2) is 17.8 Å². The highest BCUT2D eigenvalue weighted by Crippen LogP contribution is 2.30. The first-order valence-electron chi connectivity index (χ1n) is 10.6. The summed E-state index contributed by atoms with van der Waals surface area (Å²) in [6, 6.07) is 9.53. The molecule has 1 unspecified atom stereocenters. The van der Waals surface area contributed by atoms with Gasteiger partial charge in [-0.1, -0.05) is 18.2 Å². The van der Waals surface area contributed by atoms with Crippen molar-refractivity contribution in [3.63, 3.8) is 0 Å². The second-order valence-corrected chi connectivity index (χ2v) is 9.64. The molecule has 1 aliphatic heterocycles. The minimum Gasteiger partial charge on any atom is -0.496 e. The summed E-state index contributed by atoms with van der Waals surface area (Å²) in [6.07, 6.45) is 3.31. The fraction of sp³-hybridized carbons (Fsp3) is 0.304. The third-order valence-electron chi connectivity index (χ3n) is 5.63. The number of amides is 1. The van der Waals surface area contributed by atoms with Gasteiger partial charge in [-0.3, -0.25) is 4.79 Å². The van der Waals surface area contributed by atoms with Crippen molar-refractivity contribution in [3.8, 4) is 5.75 Å². The fourth-order valence-corrected chi connectivity index (χ4v) is 5.26. The molecule has 9 nitrogen and oxygen atoms in total. The summed E-state index contributed by atoms with van der Waals surface area (Å²) in [5.41, 5.74) is 0.230. The van der Waals surface area contributed by atoms with Gasteiger partial charge in [-0.2, -0.15) is 4.31 Å². The average molecular weight is 489 g/mol. The molecular formula is C23H25FN4O5S. The molecule has 2 aromatic carbocycles. The largest absolute Gasteiger partial charge is 0.496 e. The van der Waals surface area contributed by atoms with Crippen LogP contribution in [0.4, 0.5) is 4.39 Å². The van der Waals surface area contributed by atoms with Crippen LogP contribution in [-0.4, -0.2) is 61.6 Å². The number of nitrogens with zero attached hydrogens (tertiary/aromatic N) is 3. The van der Waals surface area contributed by atoms with Gasteiger partial charge in [0.25, 0.3) is 5.91 Å². The number of ether oxygens (including phenoxy) is 2. The standard InChI is InChI=1S/C23H25FN4O5S/c1-27-10-9-25-22(27)21(17-5-3-4-6-20(17)32-2)26-23(29)18-15-16(7-8-19(18)24)34(30,31)28-11-13-33-14-12-28/h3-10,15,21H,11-14H2,1-2H3,(H,26,29). The molecule has 3 aromatic rings. The van der Waals surface area contributed by atoms with Crippen LogP contribution < -0.4 is 10.1 Å². The molecule has 0 radical (unpaired) electrons. The quantitative estimate of drug-likeness (QED) is 0.547. The van der Waals surface area contributed by atoms with Crippen molar-refractivity contribution >= 4 is 15.9 Å². The van der Waals surface area contributed by atoms with Gasteiger partial charge in [-0.05, 0) is 24.3 Å². The first-order valence-corrected chi connectivity index (χ1v) is 12.1. The number of morpholine rings is 1. The molecule has 11 heteroatoms. The summed E-state index contributed by atoms with van der Waals surface area (Å²) in [5.74, 6) is -0.609. The Hall–Kier alpha value is -3.28. The molecule has 0 aliphatic carbocycles. The zero-order valence-electron chi connectivity index (χ0n) is 18.8. The molecule has 1 amide bonds. The second-order valence-electron chi connectivity index (χ2n) is 7.70. The number of para-hydroxylation sites is 1. The zero-order chi connectivity index (χ0) is 24.3. The number of rotatable bonds is 7. The lowest BCUT2D eigenvalue weighted by atomic mass is 10.0. The van der Waals surface area contributed by atoms with Gasteiger partial charge >= 0.3 is 0 Å². The molecule has 34 heavy (non-hydrogen) atoms. The number of aryl methyl sites for hydroxylation is 1. The Morgan fingerprint density at radius 2 is 1.94 bits per heavy atom. The normalized spacial score (nSPS) is 15.6. The summed E-state index contributed by atoms with van der Waals surface area (Å²) in [5, 5.41) is 2.80. The third kappa shape index (κ3) is 4.67. The van der Waals surface area contributed by atoms with Gasteiger partial charge in [0, 0.05) is 38.1 Å². The van der Waals surface area contributed by atoms with E-state index in [-0.39, 0.29) is 36.8 Å². The number of aromatic nitrogens is 2. The van der Waals surface area contributed by atoms with Crippen LogP contribution in [0.1, 0.15) is 27.8 Å². The molecular weight excluding hydrogens is 463 g/mol. The highest BCUT2D eigenvalue weighted by molar-refractivity contribution is 7.89. The van der Waals surface area contributed by atoms with E-state index in [1.165, 1.54) is 11.4 Å². The van der Waals surface area contributed by atoms with E-state index in [1.54, 1.807) is 48.3 Å². The molecule has 0 spiro atoms. The SMILES string of the molecule is COc1ccccc1C(NC(=O)c1cc(S(=O)(=O)N2CCOCC2)ccc1F)c1nccn1C. The van der Waals surface area contributed by atoms with Crippen LogP contribution in [0.2, 0.25) is 0 Å². The summed E-state index contributed by atoms with van der Waals surface area (Å²) in [6.45, 7) is 0.933. The Balaban J connectivity index is 1.70. The average Bonchev–Trinajstić information content (AvgIpc) is 3.28. The minimum absolute atomic E-state index is 0.160. The molecule has 4 rings (SSSR count). The number of sulfonamides is 1. The monoisotopic (exact) mass is 488 g/mol. The van der Waals surface area contributed by atoms with Crippen LogP contribution in [0.15, 0.2) is 59.8 Å². The number of halogens is 1. The lowest BCUT2D eigenvalue weighted by Gasteiger charge is -2.26.